The molecule has 2 aliphatic rings. The minimum atomic E-state index is -0.174. The molecule has 6 nitrogen and oxygen atoms in total. The molecule has 0 radical (unpaired) electrons. The zero-order valence-electron chi connectivity index (χ0n) is 16.6. The van der Waals surface area contributed by atoms with Crippen molar-refractivity contribution in [2.24, 2.45) is 4.99 Å². The second-order valence-electron chi connectivity index (χ2n) is 7.00. The van der Waals surface area contributed by atoms with E-state index < -0.39 is 0 Å². The summed E-state index contributed by atoms with van der Waals surface area (Å²) in [4.78, 5) is 23.0. The van der Waals surface area contributed by atoms with Gasteiger partial charge in [-0.25, -0.2) is 4.39 Å². The first-order valence-electron chi connectivity index (χ1n) is 9.99. The van der Waals surface area contributed by atoms with E-state index >= 15 is 0 Å². The summed E-state index contributed by atoms with van der Waals surface area (Å²) in [5, 5.41) is 3.32. The summed E-state index contributed by atoms with van der Waals surface area (Å²) in [5.74, 6) is 0.878. The Morgan fingerprint density at radius 2 is 1.75 bits per heavy atom. The van der Waals surface area contributed by atoms with Crippen molar-refractivity contribution in [2.45, 2.75) is 26.2 Å². The van der Waals surface area contributed by atoms with Crippen LogP contribution in [0.25, 0.3) is 0 Å². The number of hydrogen-bond donors (Lipinski definition) is 1. The lowest BCUT2D eigenvalue weighted by molar-refractivity contribution is -0.129. The first-order chi connectivity index (χ1) is 13.2. The molecule has 0 unspecified atom stereocenters. The Bertz CT molecular complexity index is 658. The molecule has 0 atom stereocenters. The number of amides is 1. The molecule has 8 heteroatoms. The molecule has 1 aromatic rings. The molecule has 0 spiro atoms. The minimum Gasteiger partial charge on any atom is -0.366 e. The number of guanidine groups is 1. The van der Waals surface area contributed by atoms with Gasteiger partial charge < -0.3 is 20.0 Å². The number of carbonyl (C=O) groups excluding carboxylic acids is 1. The van der Waals surface area contributed by atoms with Gasteiger partial charge in [-0.2, -0.15) is 0 Å². The number of likely N-dealkylation sites (tertiary alicyclic amines) is 1. The molecule has 28 heavy (non-hydrogen) atoms. The number of benzene rings is 1. The molecule has 1 N–H and O–H groups in total. The molecule has 2 heterocycles. The van der Waals surface area contributed by atoms with Crippen molar-refractivity contribution >= 4 is 41.5 Å². The van der Waals surface area contributed by atoms with Crippen LogP contribution in [0.1, 0.15) is 26.2 Å². The molecule has 2 aliphatic heterocycles. The van der Waals surface area contributed by atoms with Crippen molar-refractivity contribution in [1.29, 1.82) is 0 Å². The van der Waals surface area contributed by atoms with Crippen molar-refractivity contribution in [3.63, 3.8) is 0 Å². The molecule has 156 valence electrons. The monoisotopic (exact) mass is 503 g/mol. The predicted molar refractivity (Wildman–Crippen MR) is 122 cm³/mol. The van der Waals surface area contributed by atoms with E-state index in [1.807, 2.05) is 24.0 Å². The topological polar surface area (TPSA) is 51.2 Å². The predicted octanol–water partition coefficient (Wildman–Crippen LogP) is 2.54. The van der Waals surface area contributed by atoms with Crippen LogP contribution in [0.3, 0.4) is 0 Å². The highest BCUT2D eigenvalue weighted by atomic mass is 127. The SMILES string of the molecule is CCNC(=NCCC(=O)N1CCCC1)N1CCN(c2ccccc2F)CC1.I. The van der Waals surface area contributed by atoms with E-state index in [1.54, 1.807) is 6.07 Å². The number of halogens is 2. The zero-order chi connectivity index (χ0) is 19.1. The third-order valence-electron chi connectivity index (χ3n) is 5.15. The Balaban J connectivity index is 0.00000280. The van der Waals surface area contributed by atoms with Crippen LogP contribution in [0, 0.1) is 5.82 Å². The Labute approximate surface area is 184 Å². The standard InChI is InChI=1S/C20H30FN5O.HI/c1-2-22-20(23-10-9-19(27)25-11-5-6-12-25)26-15-13-24(14-16-26)18-8-4-3-7-17(18)21;/h3-4,7-8H,2,5-6,9-16H2,1H3,(H,22,23);1H. The van der Waals surface area contributed by atoms with E-state index in [0.717, 1.165) is 64.6 Å². The van der Waals surface area contributed by atoms with E-state index in [1.165, 1.54) is 6.07 Å². The van der Waals surface area contributed by atoms with Crippen LogP contribution in [0.4, 0.5) is 10.1 Å². The van der Waals surface area contributed by atoms with Crippen LogP contribution >= 0.6 is 24.0 Å². The molecule has 0 bridgehead atoms. The number of aliphatic imine (C=N–C) groups is 1. The fraction of sp³-hybridized carbons (Fsp3) is 0.600. The van der Waals surface area contributed by atoms with Crippen LogP contribution in [-0.2, 0) is 4.79 Å². The second kappa shape index (κ2) is 11.4. The average Bonchev–Trinajstić information content (AvgIpc) is 3.23. The molecule has 0 aromatic heterocycles. The van der Waals surface area contributed by atoms with Crippen molar-refractivity contribution in [3.8, 4) is 0 Å². The van der Waals surface area contributed by atoms with Gasteiger partial charge in [0, 0.05) is 52.2 Å². The van der Waals surface area contributed by atoms with Crippen molar-refractivity contribution in [1.82, 2.24) is 15.1 Å². The molecular formula is C20H31FIN5O. The van der Waals surface area contributed by atoms with Crippen molar-refractivity contribution in [3.05, 3.63) is 30.1 Å². The fourth-order valence-corrected chi connectivity index (χ4v) is 3.68. The molecule has 0 aliphatic carbocycles. The fourth-order valence-electron chi connectivity index (χ4n) is 3.68. The van der Waals surface area contributed by atoms with Gasteiger partial charge in [0.2, 0.25) is 5.91 Å². The maximum atomic E-state index is 14.0. The van der Waals surface area contributed by atoms with Gasteiger partial charge in [-0.1, -0.05) is 12.1 Å². The molecular weight excluding hydrogens is 472 g/mol. The Morgan fingerprint density at radius 1 is 1.07 bits per heavy atom. The third kappa shape index (κ3) is 5.96. The lowest BCUT2D eigenvalue weighted by atomic mass is 10.2. The Hall–Kier alpha value is -1.58. The van der Waals surface area contributed by atoms with Crippen LogP contribution in [0.5, 0.6) is 0 Å². The van der Waals surface area contributed by atoms with Crippen LogP contribution in [0.2, 0.25) is 0 Å². The normalized spacial score (nSPS) is 17.5. The summed E-state index contributed by atoms with van der Waals surface area (Å²) < 4.78 is 14.0. The van der Waals surface area contributed by atoms with Gasteiger partial charge >= 0.3 is 0 Å². The third-order valence-corrected chi connectivity index (χ3v) is 5.15. The summed E-state index contributed by atoms with van der Waals surface area (Å²) >= 11 is 0. The molecule has 0 saturated carbocycles. The number of carbonyl (C=O) groups is 1. The first-order valence-corrected chi connectivity index (χ1v) is 9.99. The van der Waals surface area contributed by atoms with Crippen molar-refractivity contribution in [2.75, 3.05) is 57.3 Å². The van der Waals surface area contributed by atoms with E-state index in [0.29, 0.717) is 18.7 Å². The number of anilines is 1. The van der Waals surface area contributed by atoms with Crippen molar-refractivity contribution < 1.29 is 9.18 Å². The van der Waals surface area contributed by atoms with E-state index in [9.17, 15) is 9.18 Å². The highest BCUT2D eigenvalue weighted by Crippen LogP contribution is 2.20. The van der Waals surface area contributed by atoms with E-state index in [2.05, 4.69) is 20.1 Å². The molecule has 3 rings (SSSR count). The maximum absolute atomic E-state index is 14.0. The van der Waals surface area contributed by atoms with Gasteiger partial charge in [0.15, 0.2) is 5.96 Å². The molecule has 1 aromatic carbocycles. The molecule has 2 fully saturated rings. The van der Waals surface area contributed by atoms with E-state index in [4.69, 9.17) is 0 Å². The minimum absolute atomic E-state index is 0. The lowest BCUT2D eigenvalue weighted by Gasteiger charge is -2.37. The largest absolute Gasteiger partial charge is 0.366 e. The van der Waals surface area contributed by atoms with Gasteiger partial charge in [0.25, 0.3) is 0 Å². The highest BCUT2D eigenvalue weighted by molar-refractivity contribution is 14.0. The van der Waals surface area contributed by atoms with Crippen LogP contribution in [-0.4, -0.2) is 74.0 Å². The highest BCUT2D eigenvalue weighted by Gasteiger charge is 2.22. The van der Waals surface area contributed by atoms with Gasteiger partial charge in [-0.3, -0.25) is 9.79 Å². The van der Waals surface area contributed by atoms with Crippen LogP contribution in [0.15, 0.2) is 29.3 Å². The number of nitrogens with zero attached hydrogens (tertiary/aromatic N) is 4. The van der Waals surface area contributed by atoms with Crippen LogP contribution < -0.4 is 10.2 Å². The summed E-state index contributed by atoms with van der Waals surface area (Å²) in [7, 11) is 0. The van der Waals surface area contributed by atoms with Gasteiger partial charge in [0.1, 0.15) is 5.82 Å². The Morgan fingerprint density at radius 3 is 2.39 bits per heavy atom. The molecule has 2 saturated heterocycles. The zero-order valence-corrected chi connectivity index (χ0v) is 18.9. The summed E-state index contributed by atoms with van der Waals surface area (Å²) in [6, 6.07) is 6.92. The maximum Gasteiger partial charge on any atom is 0.224 e. The molecule has 1 amide bonds. The second-order valence-corrected chi connectivity index (χ2v) is 7.00. The van der Waals surface area contributed by atoms with E-state index in [-0.39, 0.29) is 35.7 Å². The van der Waals surface area contributed by atoms with Gasteiger partial charge in [-0.05, 0) is 31.9 Å². The number of para-hydroxylation sites is 1. The van der Waals surface area contributed by atoms with Gasteiger partial charge in [-0.15, -0.1) is 24.0 Å². The summed E-state index contributed by atoms with van der Waals surface area (Å²) in [5.41, 5.74) is 0.662. The summed E-state index contributed by atoms with van der Waals surface area (Å²) in [6.45, 7) is 8.16. The quantitative estimate of drug-likeness (QED) is 0.382. The number of rotatable bonds is 5. The number of nitrogens with one attached hydrogen (secondary N) is 1. The first kappa shape index (κ1) is 22.7. The number of hydrogen-bond acceptors (Lipinski definition) is 3. The smallest absolute Gasteiger partial charge is 0.224 e. The Kier molecular flexibility index (Phi) is 9.27. The van der Waals surface area contributed by atoms with Gasteiger partial charge in [0.05, 0.1) is 12.2 Å². The lowest BCUT2D eigenvalue weighted by Crippen LogP contribution is -2.52. The average molecular weight is 503 g/mol. The number of piperazine rings is 1. The summed E-state index contributed by atoms with van der Waals surface area (Å²) in [6.07, 6.45) is 2.69.